The van der Waals surface area contributed by atoms with Gasteiger partial charge in [-0.1, -0.05) is 224 Å². The number of ketones is 3. The van der Waals surface area contributed by atoms with E-state index >= 15 is 14.4 Å². The van der Waals surface area contributed by atoms with Crippen LogP contribution < -0.4 is 0 Å². The van der Waals surface area contributed by atoms with E-state index in [0.717, 1.165) is 0 Å². The third kappa shape index (κ3) is 6.71. The Morgan fingerprint density at radius 3 is 0.969 bits per heavy atom. The number of aliphatic hydroxyl groups excluding tert-OH is 1. The molecule has 65 heavy (non-hydrogen) atoms. The van der Waals surface area contributed by atoms with Gasteiger partial charge in [0.25, 0.3) is 0 Å². The van der Waals surface area contributed by atoms with Crippen molar-refractivity contribution in [3.8, 4) is 0 Å². The molecule has 1 aliphatic heterocycles. The van der Waals surface area contributed by atoms with Crippen LogP contribution in [0.5, 0.6) is 0 Å². The van der Waals surface area contributed by atoms with Crippen LogP contribution in [-0.2, 0) is 30.0 Å². The van der Waals surface area contributed by atoms with E-state index in [4.69, 9.17) is 4.74 Å². The molecule has 336 valence electrons. The van der Waals surface area contributed by atoms with Crippen LogP contribution in [0.2, 0.25) is 0 Å². The summed E-state index contributed by atoms with van der Waals surface area (Å²) in [7, 11) is 0. The number of aliphatic hydroxyl groups is 5. The highest BCUT2D eigenvalue weighted by atomic mass is 16.7. The molecule has 9 nitrogen and oxygen atoms in total. The van der Waals surface area contributed by atoms with Gasteiger partial charge in [0, 0.05) is 17.8 Å². The van der Waals surface area contributed by atoms with Crippen LogP contribution in [-0.4, -0.2) is 77.7 Å². The minimum atomic E-state index is -3.95. The van der Waals surface area contributed by atoms with E-state index in [2.05, 4.69) is 0 Å². The lowest BCUT2D eigenvalue weighted by Crippen LogP contribution is -2.94. The molecule has 6 atom stereocenters. The maximum absolute atomic E-state index is 15.6. The molecule has 1 saturated heterocycles. The van der Waals surface area contributed by atoms with Crippen molar-refractivity contribution in [3.63, 3.8) is 0 Å². The van der Waals surface area contributed by atoms with Crippen LogP contribution in [0.25, 0.3) is 0 Å². The maximum atomic E-state index is 15.6. The lowest BCUT2D eigenvalue weighted by Gasteiger charge is -2.67. The minimum Gasteiger partial charge on any atom is -0.389 e. The van der Waals surface area contributed by atoms with Gasteiger partial charge in [-0.15, -0.1) is 0 Å². The number of Topliss-reactive ketones (excluding diaryl/α,β-unsaturated/α-hetero) is 3. The molecule has 0 aliphatic carbocycles. The summed E-state index contributed by atoms with van der Waals surface area (Å²) in [4.78, 5) is 46.8. The Labute approximate surface area is 381 Å². The number of carbonyl (C=O) groups is 3. The molecule has 0 radical (unpaired) electrons. The van der Waals surface area contributed by atoms with E-state index < -0.39 is 80.7 Å². The Bertz CT molecular complexity index is 2390. The van der Waals surface area contributed by atoms with Crippen molar-refractivity contribution < 1.29 is 44.7 Å². The van der Waals surface area contributed by atoms with Crippen LogP contribution in [0.3, 0.4) is 0 Å². The monoisotopic (exact) mass is 874 g/mol. The summed E-state index contributed by atoms with van der Waals surface area (Å²) in [6.07, 6.45) is -4.74. The van der Waals surface area contributed by atoms with Crippen LogP contribution in [0.4, 0.5) is 0 Å². The average molecular weight is 875 g/mol. The van der Waals surface area contributed by atoms with Crippen molar-refractivity contribution in [2.45, 2.75) is 87.2 Å². The van der Waals surface area contributed by atoms with Crippen molar-refractivity contribution in [2.75, 3.05) is 0 Å². The normalized spacial score (nSPS) is 24.2. The van der Waals surface area contributed by atoms with Gasteiger partial charge in [-0.3, -0.25) is 14.4 Å². The van der Waals surface area contributed by atoms with Crippen LogP contribution in [0, 0.1) is 17.8 Å². The molecule has 5 N–H and O–H groups in total. The van der Waals surface area contributed by atoms with Crippen molar-refractivity contribution >= 4 is 17.3 Å². The number of rotatable bonds is 15. The lowest BCUT2D eigenvalue weighted by molar-refractivity contribution is -0.428. The van der Waals surface area contributed by atoms with Gasteiger partial charge in [-0.25, -0.2) is 0 Å². The van der Waals surface area contributed by atoms with E-state index in [1.54, 1.807) is 182 Å². The fourth-order valence-electron chi connectivity index (χ4n) is 10.5. The predicted octanol–water partition coefficient (Wildman–Crippen LogP) is 7.37. The number of ether oxygens (including phenoxy) is 1. The van der Waals surface area contributed by atoms with Crippen LogP contribution in [0.1, 0.15) is 74.9 Å². The summed E-state index contributed by atoms with van der Waals surface area (Å²) in [6, 6.07) is 51.7. The second kappa shape index (κ2) is 17.8. The quantitative estimate of drug-likeness (QED) is 0.0664. The van der Waals surface area contributed by atoms with Gasteiger partial charge < -0.3 is 30.3 Å². The van der Waals surface area contributed by atoms with Crippen molar-refractivity contribution in [1.29, 1.82) is 0 Å². The van der Waals surface area contributed by atoms with Crippen molar-refractivity contribution in [3.05, 3.63) is 215 Å². The smallest absolute Gasteiger partial charge is 0.224 e. The first kappa shape index (κ1) is 47.1. The summed E-state index contributed by atoms with van der Waals surface area (Å²) in [5.74, 6) is -11.3. The van der Waals surface area contributed by atoms with Gasteiger partial charge in [-0.2, -0.15) is 0 Å². The maximum Gasteiger partial charge on any atom is 0.224 e. The number of hydrogen-bond acceptors (Lipinski definition) is 9. The number of hydrogen-bond donors (Lipinski definition) is 5. The molecule has 0 bridgehead atoms. The lowest BCUT2D eigenvalue weighted by atomic mass is 9.47. The Balaban J connectivity index is 1.78. The largest absolute Gasteiger partial charge is 0.389 e. The first-order valence-electron chi connectivity index (χ1n) is 22.2. The molecule has 9 heteroatoms. The molecule has 6 aromatic rings. The molecule has 1 aliphatic rings. The zero-order valence-corrected chi connectivity index (χ0v) is 37.6. The summed E-state index contributed by atoms with van der Waals surface area (Å²) in [5.41, 5.74) is -13.7. The summed E-state index contributed by atoms with van der Waals surface area (Å²) in [6.45, 7) is 8.45. The van der Waals surface area contributed by atoms with E-state index in [1.165, 1.54) is 41.5 Å². The molecule has 1 heterocycles. The summed E-state index contributed by atoms with van der Waals surface area (Å²) in [5, 5.41) is 71.2. The molecule has 1 unspecified atom stereocenters. The molecule has 7 rings (SSSR count). The third-order valence-corrected chi connectivity index (χ3v) is 13.5. The molecule has 0 saturated carbocycles. The molecule has 0 aromatic heterocycles. The number of carbonyl (C=O) groups excluding carboxylic acids is 3. The third-order valence-electron chi connectivity index (χ3n) is 13.5. The van der Waals surface area contributed by atoms with Gasteiger partial charge in [-0.05, 0) is 33.4 Å². The Kier molecular flexibility index (Phi) is 12.9. The molecule has 0 amide bonds. The average Bonchev–Trinajstić information content (AvgIpc) is 3.33. The fraction of sp³-hybridized carbons (Fsp3) is 0.304. The molecular weight excluding hydrogens is 817 g/mol. The van der Waals surface area contributed by atoms with E-state index in [-0.39, 0.29) is 16.7 Å². The Hall–Kier alpha value is -5.91. The zero-order chi connectivity index (χ0) is 47.0. The SMILES string of the molecule is CC(C)C(=O)[C@@]1(O)[C@](O)(C(=O)C(C)C)[C@](O)(C(c2ccccc2)(c2ccccc2)c2ccccc2)O[C@H](C(O)C(c2ccccc2)(c2ccccc2)c2ccccc2)[C@]1(O)C(=O)C(C)C. The van der Waals surface area contributed by atoms with Gasteiger partial charge >= 0.3 is 0 Å². The van der Waals surface area contributed by atoms with E-state index in [1.807, 2.05) is 0 Å². The molecule has 6 aromatic carbocycles. The van der Waals surface area contributed by atoms with E-state index in [0.29, 0.717) is 16.7 Å². The summed E-state index contributed by atoms with van der Waals surface area (Å²) >= 11 is 0. The zero-order valence-electron chi connectivity index (χ0n) is 37.6. The first-order valence-corrected chi connectivity index (χ1v) is 22.2. The van der Waals surface area contributed by atoms with Gasteiger partial charge in [0.2, 0.25) is 17.0 Å². The first-order chi connectivity index (χ1) is 30.9. The van der Waals surface area contributed by atoms with Gasteiger partial charge in [0.15, 0.2) is 23.0 Å². The topological polar surface area (TPSA) is 162 Å². The second-order valence-corrected chi connectivity index (χ2v) is 18.1. The summed E-state index contributed by atoms with van der Waals surface area (Å²) < 4.78 is 7.19. The van der Waals surface area contributed by atoms with Crippen molar-refractivity contribution in [1.82, 2.24) is 0 Å². The Morgan fingerprint density at radius 2 is 0.692 bits per heavy atom. The standard InChI is InChI=1S/C56H58O9/c1-37(2)46(57)53(61)50(49(60)51(40-25-13-7-14-26-40,41-27-15-8-16-28-41)42-29-17-9-18-30-42)65-56(64,55(63,48(59)39(5)6)54(53,62)47(58)38(3)4)52(43-31-19-10-20-32-43,44-33-21-11-22-34-44)45-35-23-12-24-36-45/h7-39,49-50,60-64H,1-6H3/t49?,50-,53-,54+,55-,56+/m1/s1. The van der Waals surface area contributed by atoms with E-state index in [9.17, 15) is 25.5 Å². The highest BCUT2D eigenvalue weighted by Crippen LogP contribution is 2.63. The fourth-order valence-corrected chi connectivity index (χ4v) is 10.5. The minimum absolute atomic E-state index is 0.225. The molecular formula is C56H58O9. The highest BCUT2D eigenvalue weighted by Gasteiger charge is 2.89. The van der Waals surface area contributed by atoms with Crippen LogP contribution in [0.15, 0.2) is 182 Å². The molecule has 0 spiro atoms. The number of benzene rings is 6. The van der Waals surface area contributed by atoms with Gasteiger partial charge in [0.1, 0.15) is 17.6 Å². The van der Waals surface area contributed by atoms with Crippen molar-refractivity contribution in [2.24, 2.45) is 17.8 Å². The second-order valence-electron chi connectivity index (χ2n) is 18.1. The van der Waals surface area contributed by atoms with Gasteiger partial charge in [0.05, 0.1) is 5.41 Å². The highest BCUT2D eigenvalue weighted by molar-refractivity contribution is 6.09. The predicted molar refractivity (Wildman–Crippen MR) is 249 cm³/mol. The van der Waals surface area contributed by atoms with Crippen LogP contribution >= 0.6 is 0 Å². The molecule has 1 fully saturated rings. The Morgan fingerprint density at radius 1 is 0.431 bits per heavy atom.